The number of unbranched alkanes of at least 4 members (excludes halogenated alkanes) is 5. The summed E-state index contributed by atoms with van der Waals surface area (Å²) in [5, 5.41) is 2.54. The van der Waals surface area contributed by atoms with Gasteiger partial charge in [-0.05, 0) is 18.1 Å². The van der Waals surface area contributed by atoms with Crippen molar-refractivity contribution in [1.82, 2.24) is 5.32 Å². The van der Waals surface area contributed by atoms with E-state index in [1.165, 1.54) is 25.3 Å². The third-order valence-electron chi connectivity index (χ3n) is 3.44. The number of nitrogens with one attached hydrogen (secondary N) is 1. The van der Waals surface area contributed by atoms with E-state index in [9.17, 15) is 18.4 Å². The number of Topliss-reactive ketones (excluding diaryl/α,β-unsaturated/α-hetero) is 1. The van der Waals surface area contributed by atoms with Crippen LogP contribution < -0.4 is 5.32 Å². The van der Waals surface area contributed by atoms with E-state index in [0.29, 0.717) is 12.6 Å². The minimum absolute atomic E-state index is 0.0288. The highest BCUT2D eigenvalue weighted by Gasteiger charge is 2.16. The van der Waals surface area contributed by atoms with Crippen LogP contribution in [0.4, 0.5) is 8.78 Å². The Hall–Kier alpha value is -1.78. The zero-order valence-electron chi connectivity index (χ0n) is 13.0. The summed E-state index contributed by atoms with van der Waals surface area (Å²) in [6, 6.07) is 2.96. The number of hydrogen-bond acceptors (Lipinski definition) is 2. The van der Waals surface area contributed by atoms with Crippen molar-refractivity contribution in [3.63, 3.8) is 0 Å². The molecule has 122 valence electrons. The molecule has 0 fully saturated rings. The van der Waals surface area contributed by atoms with E-state index in [1.807, 2.05) is 0 Å². The maximum atomic E-state index is 13.4. The van der Waals surface area contributed by atoms with Gasteiger partial charge in [-0.2, -0.15) is 0 Å². The quantitative estimate of drug-likeness (QED) is 0.530. The van der Waals surface area contributed by atoms with Gasteiger partial charge in [0.15, 0.2) is 0 Å². The summed E-state index contributed by atoms with van der Waals surface area (Å²) in [5.74, 6) is -2.94. The lowest BCUT2D eigenvalue weighted by molar-refractivity contribution is -0.137. The SMILES string of the molecule is CCCCCCCCNC(=O)C(=O)Cc1ccc(F)cc1F. The van der Waals surface area contributed by atoms with Gasteiger partial charge in [-0.15, -0.1) is 0 Å². The van der Waals surface area contributed by atoms with Gasteiger partial charge in [0.1, 0.15) is 11.6 Å². The van der Waals surface area contributed by atoms with E-state index < -0.39 is 23.3 Å². The first-order chi connectivity index (χ1) is 10.5. The molecule has 0 aliphatic rings. The van der Waals surface area contributed by atoms with Gasteiger partial charge in [-0.25, -0.2) is 8.78 Å². The molecule has 1 amide bonds. The minimum Gasteiger partial charge on any atom is -0.349 e. The number of rotatable bonds is 10. The molecule has 3 nitrogen and oxygen atoms in total. The zero-order valence-corrected chi connectivity index (χ0v) is 13.0. The van der Waals surface area contributed by atoms with Crippen molar-refractivity contribution in [1.29, 1.82) is 0 Å². The number of carbonyl (C=O) groups is 2. The van der Waals surface area contributed by atoms with Gasteiger partial charge in [0.05, 0.1) is 0 Å². The molecule has 0 saturated carbocycles. The van der Waals surface area contributed by atoms with E-state index in [2.05, 4.69) is 12.2 Å². The van der Waals surface area contributed by atoms with E-state index in [1.54, 1.807) is 0 Å². The molecule has 22 heavy (non-hydrogen) atoms. The first-order valence-corrected chi connectivity index (χ1v) is 7.79. The molecule has 5 heteroatoms. The van der Waals surface area contributed by atoms with Gasteiger partial charge in [0, 0.05) is 19.0 Å². The van der Waals surface area contributed by atoms with Crippen LogP contribution in [-0.2, 0) is 16.0 Å². The number of carbonyl (C=O) groups excluding carboxylic acids is 2. The molecule has 0 heterocycles. The number of amides is 1. The Labute approximate surface area is 130 Å². The molecule has 0 radical (unpaired) electrons. The van der Waals surface area contributed by atoms with Crippen LogP contribution >= 0.6 is 0 Å². The molecule has 1 aromatic carbocycles. The maximum Gasteiger partial charge on any atom is 0.287 e. The average molecular weight is 311 g/mol. The third-order valence-corrected chi connectivity index (χ3v) is 3.44. The normalized spacial score (nSPS) is 10.5. The van der Waals surface area contributed by atoms with Crippen molar-refractivity contribution in [2.75, 3.05) is 6.54 Å². The fraction of sp³-hybridized carbons (Fsp3) is 0.529. The van der Waals surface area contributed by atoms with Gasteiger partial charge in [0.25, 0.3) is 5.91 Å². The Morgan fingerprint density at radius 2 is 1.73 bits per heavy atom. The second-order valence-corrected chi connectivity index (χ2v) is 5.36. The van der Waals surface area contributed by atoms with Crippen molar-refractivity contribution < 1.29 is 18.4 Å². The molecule has 0 aromatic heterocycles. The number of benzene rings is 1. The third kappa shape index (κ3) is 6.78. The molecule has 0 aliphatic carbocycles. The number of halogens is 2. The molecule has 0 saturated heterocycles. The summed E-state index contributed by atoms with van der Waals surface area (Å²) in [4.78, 5) is 23.3. The van der Waals surface area contributed by atoms with Crippen molar-refractivity contribution in [3.05, 3.63) is 35.4 Å². The van der Waals surface area contributed by atoms with Crippen molar-refractivity contribution in [2.45, 2.75) is 51.9 Å². The lowest BCUT2D eigenvalue weighted by Gasteiger charge is -2.05. The largest absolute Gasteiger partial charge is 0.349 e. The van der Waals surface area contributed by atoms with Crippen molar-refractivity contribution in [2.24, 2.45) is 0 Å². The molecule has 0 spiro atoms. The molecular formula is C17H23F2NO2. The van der Waals surface area contributed by atoms with Gasteiger partial charge < -0.3 is 5.32 Å². The lowest BCUT2D eigenvalue weighted by atomic mass is 10.1. The van der Waals surface area contributed by atoms with E-state index >= 15 is 0 Å². The smallest absolute Gasteiger partial charge is 0.287 e. The predicted octanol–water partition coefficient (Wildman–Crippen LogP) is 3.55. The highest BCUT2D eigenvalue weighted by atomic mass is 19.1. The molecule has 0 atom stereocenters. The fourth-order valence-electron chi connectivity index (χ4n) is 2.12. The Balaban J connectivity index is 2.26. The Bertz CT molecular complexity index is 503. The maximum absolute atomic E-state index is 13.4. The lowest BCUT2D eigenvalue weighted by Crippen LogP contribution is -2.33. The number of hydrogen-bond donors (Lipinski definition) is 1. The Kier molecular flexibility index (Phi) is 8.33. The van der Waals surface area contributed by atoms with E-state index in [0.717, 1.165) is 25.3 Å². The van der Waals surface area contributed by atoms with E-state index in [-0.39, 0.29) is 12.0 Å². The molecular weight excluding hydrogens is 288 g/mol. The molecule has 1 rings (SSSR count). The van der Waals surface area contributed by atoms with Crippen LogP contribution in [0.2, 0.25) is 0 Å². The van der Waals surface area contributed by atoms with Crippen LogP contribution in [0.25, 0.3) is 0 Å². The molecule has 1 N–H and O–H groups in total. The summed E-state index contributed by atoms with van der Waals surface area (Å²) >= 11 is 0. The molecule has 0 unspecified atom stereocenters. The van der Waals surface area contributed by atoms with Crippen molar-refractivity contribution >= 4 is 11.7 Å². The summed E-state index contributed by atoms with van der Waals surface area (Å²) in [6.45, 7) is 2.60. The van der Waals surface area contributed by atoms with Crippen molar-refractivity contribution in [3.8, 4) is 0 Å². The zero-order chi connectivity index (χ0) is 16.4. The number of ketones is 1. The van der Waals surface area contributed by atoms with Gasteiger partial charge in [-0.3, -0.25) is 9.59 Å². The first kappa shape index (κ1) is 18.3. The predicted molar refractivity (Wildman–Crippen MR) is 81.5 cm³/mol. The van der Waals surface area contributed by atoms with Crippen LogP contribution in [0, 0.1) is 11.6 Å². The van der Waals surface area contributed by atoms with Crippen LogP contribution in [0.15, 0.2) is 18.2 Å². The van der Waals surface area contributed by atoms with Crippen LogP contribution in [-0.4, -0.2) is 18.2 Å². The highest BCUT2D eigenvalue weighted by molar-refractivity contribution is 6.36. The summed E-state index contributed by atoms with van der Waals surface area (Å²) in [7, 11) is 0. The second kappa shape index (κ2) is 10.0. The van der Waals surface area contributed by atoms with Crippen LogP contribution in [0.5, 0.6) is 0 Å². The van der Waals surface area contributed by atoms with E-state index in [4.69, 9.17) is 0 Å². The van der Waals surface area contributed by atoms with Crippen LogP contribution in [0.3, 0.4) is 0 Å². The fourth-order valence-corrected chi connectivity index (χ4v) is 2.12. The summed E-state index contributed by atoms with van der Waals surface area (Å²) in [6.07, 6.45) is 6.20. The van der Waals surface area contributed by atoms with Gasteiger partial charge in [0.2, 0.25) is 5.78 Å². The molecule has 1 aromatic rings. The summed E-state index contributed by atoms with van der Waals surface area (Å²) < 4.78 is 26.2. The minimum atomic E-state index is -0.808. The topological polar surface area (TPSA) is 46.2 Å². The van der Waals surface area contributed by atoms with Gasteiger partial charge >= 0.3 is 0 Å². The average Bonchev–Trinajstić information content (AvgIpc) is 2.48. The molecule has 0 bridgehead atoms. The summed E-state index contributed by atoms with van der Waals surface area (Å²) in [5.41, 5.74) is 0.0288. The van der Waals surface area contributed by atoms with Crippen LogP contribution in [0.1, 0.15) is 51.0 Å². The van der Waals surface area contributed by atoms with Gasteiger partial charge in [-0.1, -0.05) is 45.1 Å². The first-order valence-electron chi connectivity index (χ1n) is 7.79. The molecule has 0 aliphatic heterocycles. The Morgan fingerprint density at radius 1 is 1.05 bits per heavy atom. The Morgan fingerprint density at radius 3 is 2.41 bits per heavy atom. The standard InChI is InChI=1S/C17H23F2NO2/c1-2-3-4-5-6-7-10-20-17(22)16(21)11-13-8-9-14(18)12-15(13)19/h8-9,12H,2-7,10-11H2,1H3,(H,20,22). The monoisotopic (exact) mass is 311 g/mol. The second-order valence-electron chi connectivity index (χ2n) is 5.36. The highest BCUT2D eigenvalue weighted by Crippen LogP contribution is 2.10.